The maximum atomic E-state index is 13.1. The van der Waals surface area contributed by atoms with E-state index in [1.165, 1.54) is 4.90 Å². The number of hydrogen-bond acceptors (Lipinski definition) is 4. The van der Waals surface area contributed by atoms with E-state index in [1.54, 1.807) is 30.3 Å². The number of benzene rings is 2. The van der Waals surface area contributed by atoms with Gasteiger partial charge in [0.15, 0.2) is 5.54 Å². The van der Waals surface area contributed by atoms with Crippen molar-refractivity contribution in [3.63, 3.8) is 0 Å². The van der Waals surface area contributed by atoms with Gasteiger partial charge < -0.3 is 10.1 Å². The Labute approximate surface area is 144 Å². The van der Waals surface area contributed by atoms with Crippen molar-refractivity contribution in [2.24, 2.45) is 0 Å². The minimum absolute atomic E-state index is 0.130. The van der Waals surface area contributed by atoms with E-state index in [4.69, 9.17) is 10.00 Å². The second-order valence-electron chi connectivity index (χ2n) is 6.13. The molecule has 0 radical (unpaired) electrons. The van der Waals surface area contributed by atoms with E-state index >= 15 is 0 Å². The fourth-order valence-corrected chi connectivity index (χ4v) is 3.44. The molecule has 1 saturated heterocycles. The Morgan fingerprint density at radius 1 is 1.20 bits per heavy atom. The summed E-state index contributed by atoms with van der Waals surface area (Å²) in [6.45, 7) is 0.492. The molecule has 1 unspecified atom stereocenters. The Bertz CT molecular complexity index is 918. The number of fused-ring (bicyclic) bond motifs is 2. The molecule has 6 nitrogen and oxygen atoms in total. The normalized spacial score (nSPS) is 21.5. The van der Waals surface area contributed by atoms with Crippen molar-refractivity contribution in [1.29, 1.82) is 5.26 Å². The van der Waals surface area contributed by atoms with E-state index in [0.717, 1.165) is 5.56 Å². The Kier molecular flexibility index (Phi) is 3.43. The Morgan fingerprint density at radius 3 is 2.88 bits per heavy atom. The number of nitrogens with zero attached hydrogens (tertiary/aromatic N) is 2. The van der Waals surface area contributed by atoms with Crippen LogP contribution in [-0.4, -0.2) is 23.4 Å². The molecule has 2 aliphatic rings. The summed E-state index contributed by atoms with van der Waals surface area (Å²) in [4.78, 5) is 26.9. The highest BCUT2D eigenvalue weighted by atomic mass is 16.5. The number of nitrogens with one attached hydrogen (secondary N) is 1. The van der Waals surface area contributed by atoms with E-state index in [9.17, 15) is 9.59 Å². The summed E-state index contributed by atoms with van der Waals surface area (Å²) < 4.78 is 5.62. The van der Waals surface area contributed by atoms with Crippen LogP contribution in [0.25, 0.3) is 0 Å². The first-order valence-corrected chi connectivity index (χ1v) is 7.99. The van der Waals surface area contributed by atoms with Crippen molar-refractivity contribution in [2.75, 3.05) is 6.61 Å². The smallest absolute Gasteiger partial charge is 0.325 e. The van der Waals surface area contributed by atoms with Gasteiger partial charge in [-0.25, -0.2) is 4.79 Å². The Morgan fingerprint density at radius 2 is 2.04 bits per heavy atom. The SMILES string of the molecule is N#Cc1cccc(CN2C(=O)NC3(CCOc4ccccc43)C2=O)c1. The van der Waals surface area contributed by atoms with Gasteiger partial charge in [-0.15, -0.1) is 0 Å². The van der Waals surface area contributed by atoms with Crippen LogP contribution in [0.3, 0.4) is 0 Å². The van der Waals surface area contributed by atoms with E-state index in [2.05, 4.69) is 11.4 Å². The Hall–Kier alpha value is -3.33. The number of carbonyl (C=O) groups is 2. The molecule has 2 aliphatic heterocycles. The molecule has 2 aromatic carbocycles. The molecular formula is C19H15N3O3. The highest BCUT2D eigenvalue weighted by Gasteiger charge is 2.54. The standard InChI is InChI=1S/C19H15N3O3/c20-11-13-4-3-5-14(10-13)12-22-17(23)19(21-18(22)24)8-9-25-16-7-2-1-6-15(16)19/h1-7,10H,8-9,12H2,(H,21,24). The third-order valence-electron chi connectivity index (χ3n) is 4.65. The zero-order valence-electron chi connectivity index (χ0n) is 13.4. The molecule has 1 atom stereocenters. The van der Waals surface area contributed by atoms with Crippen LogP contribution >= 0.6 is 0 Å². The van der Waals surface area contributed by atoms with Crippen LogP contribution < -0.4 is 10.1 Å². The molecular weight excluding hydrogens is 318 g/mol. The average Bonchev–Trinajstić information content (AvgIpc) is 2.87. The number of carbonyl (C=O) groups excluding carboxylic acids is 2. The molecule has 0 aliphatic carbocycles. The number of rotatable bonds is 2. The molecule has 124 valence electrons. The lowest BCUT2D eigenvalue weighted by Gasteiger charge is -2.33. The van der Waals surface area contributed by atoms with Crippen molar-refractivity contribution >= 4 is 11.9 Å². The highest BCUT2D eigenvalue weighted by Crippen LogP contribution is 2.41. The van der Waals surface area contributed by atoms with Gasteiger partial charge in [0, 0.05) is 12.0 Å². The summed E-state index contributed by atoms with van der Waals surface area (Å²) in [5.41, 5.74) is 0.849. The summed E-state index contributed by atoms with van der Waals surface area (Å²) in [5, 5.41) is 11.9. The van der Waals surface area contributed by atoms with Crippen LogP contribution in [0, 0.1) is 11.3 Å². The van der Waals surface area contributed by atoms with Crippen molar-refractivity contribution in [1.82, 2.24) is 10.2 Å². The number of para-hydroxylation sites is 1. The maximum absolute atomic E-state index is 13.1. The summed E-state index contributed by atoms with van der Waals surface area (Å²) in [6.07, 6.45) is 0.392. The number of imide groups is 1. The zero-order chi connectivity index (χ0) is 17.4. The molecule has 2 aromatic rings. The van der Waals surface area contributed by atoms with Crippen LogP contribution in [0.5, 0.6) is 5.75 Å². The molecule has 3 amide bonds. The fraction of sp³-hybridized carbons (Fsp3) is 0.211. The van der Waals surface area contributed by atoms with Gasteiger partial charge in [0.05, 0.1) is 24.8 Å². The maximum Gasteiger partial charge on any atom is 0.325 e. The molecule has 0 aromatic heterocycles. The van der Waals surface area contributed by atoms with Gasteiger partial charge in [-0.1, -0.05) is 30.3 Å². The first-order valence-electron chi connectivity index (χ1n) is 7.99. The van der Waals surface area contributed by atoms with Crippen molar-refractivity contribution in [3.05, 3.63) is 65.2 Å². The number of amides is 3. The minimum atomic E-state index is -1.07. The number of ether oxygens (including phenoxy) is 1. The van der Waals surface area contributed by atoms with Crippen molar-refractivity contribution < 1.29 is 14.3 Å². The summed E-state index contributed by atoms with van der Waals surface area (Å²) in [5.74, 6) is 0.339. The summed E-state index contributed by atoms with van der Waals surface area (Å²) in [7, 11) is 0. The largest absolute Gasteiger partial charge is 0.493 e. The van der Waals surface area contributed by atoms with Gasteiger partial charge in [-0.2, -0.15) is 5.26 Å². The van der Waals surface area contributed by atoms with E-state index in [1.807, 2.05) is 18.2 Å². The van der Waals surface area contributed by atoms with Gasteiger partial charge in [0.25, 0.3) is 5.91 Å². The van der Waals surface area contributed by atoms with E-state index < -0.39 is 11.6 Å². The second-order valence-corrected chi connectivity index (χ2v) is 6.13. The summed E-state index contributed by atoms with van der Waals surface area (Å²) >= 11 is 0. The van der Waals surface area contributed by atoms with E-state index in [0.29, 0.717) is 29.9 Å². The monoisotopic (exact) mass is 333 g/mol. The number of nitriles is 1. The quantitative estimate of drug-likeness (QED) is 0.855. The van der Waals surface area contributed by atoms with Crippen molar-refractivity contribution in [2.45, 2.75) is 18.5 Å². The van der Waals surface area contributed by atoms with Crippen LogP contribution in [0.1, 0.15) is 23.1 Å². The van der Waals surface area contributed by atoms with Gasteiger partial charge in [-0.3, -0.25) is 9.69 Å². The van der Waals surface area contributed by atoms with E-state index in [-0.39, 0.29) is 12.5 Å². The summed E-state index contributed by atoms with van der Waals surface area (Å²) in [6, 6.07) is 15.8. The highest BCUT2D eigenvalue weighted by molar-refractivity contribution is 6.07. The lowest BCUT2D eigenvalue weighted by Crippen LogP contribution is -2.47. The molecule has 4 rings (SSSR count). The predicted octanol–water partition coefficient (Wildman–Crippen LogP) is 2.29. The topological polar surface area (TPSA) is 82.4 Å². The molecule has 1 spiro atoms. The third kappa shape index (κ3) is 2.32. The lowest BCUT2D eigenvalue weighted by molar-refractivity contribution is -0.133. The van der Waals surface area contributed by atoms with Gasteiger partial charge in [0.2, 0.25) is 0 Å². The van der Waals surface area contributed by atoms with Crippen LogP contribution in [0.4, 0.5) is 4.79 Å². The molecule has 6 heteroatoms. The fourth-order valence-electron chi connectivity index (χ4n) is 3.44. The third-order valence-corrected chi connectivity index (χ3v) is 4.65. The molecule has 25 heavy (non-hydrogen) atoms. The first-order chi connectivity index (χ1) is 12.1. The first kappa shape index (κ1) is 15.2. The van der Waals surface area contributed by atoms with Crippen LogP contribution in [-0.2, 0) is 16.9 Å². The molecule has 2 heterocycles. The van der Waals surface area contributed by atoms with Gasteiger partial charge in [-0.05, 0) is 23.8 Å². The minimum Gasteiger partial charge on any atom is -0.493 e. The zero-order valence-corrected chi connectivity index (χ0v) is 13.4. The molecule has 0 bridgehead atoms. The molecule has 0 saturated carbocycles. The lowest BCUT2D eigenvalue weighted by atomic mass is 9.84. The predicted molar refractivity (Wildman–Crippen MR) is 88.5 cm³/mol. The van der Waals surface area contributed by atoms with Crippen LogP contribution in [0.2, 0.25) is 0 Å². The van der Waals surface area contributed by atoms with Gasteiger partial charge in [0.1, 0.15) is 5.75 Å². The molecule has 1 fully saturated rings. The van der Waals surface area contributed by atoms with Crippen LogP contribution in [0.15, 0.2) is 48.5 Å². The van der Waals surface area contributed by atoms with Crippen molar-refractivity contribution in [3.8, 4) is 11.8 Å². The number of hydrogen-bond donors (Lipinski definition) is 1. The molecule has 1 N–H and O–H groups in total. The second kappa shape index (κ2) is 5.64. The van der Waals surface area contributed by atoms with Gasteiger partial charge >= 0.3 is 6.03 Å². The average molecular weight is 333 g/mol. The number of urea groups is 1. The Balaban J connectivity index is 1.69.